The van der Waals surface area contributed by atoms with E-state index in [0.29, 0.717) is 37.7 Å². The van der Waals surface area contributed by atoms with Gasteiger partial charge in [0.05, 0.1) is 17.4 Å². The van der Waals surface area contributed by atoms with Crippen LogP contribution in [0.5, 0.6) is 0 Å². The van der Waals surface area contributed by atoms with Gasteiger partial charge in [-0.3, -0.25) is 0 Å². The number of ether oxygens (including phenoxy) is 1. The molecule has 1 aromatic heterocycles. The summed E-state index contributed by atoms with van der Waals surface area (Å²) in [7, 11) is -3.73. The Balaban J connectivity index is 1.35. The minimum absolute atomic E-state index is 0.0396. The second kappa shape index (κ2) is 7.65. The maximum Gasteiger partial charge on any atom is 0.243 e. The van der Waals surface area contributed by atoms with Crippen molar-refractivity contribution in [3.05, 3.63) is 41.8 Å². The molecule has 0 amide bonds. The average Bonchev–Trinajstić information content (AvgIpc) is 3.14. The Kier molecular flexibility index (Phi) is 5.25. The monoisotopic (exact) mass is 395 g/mol. The molecule has 4 rings (SSSR count). The lowest BCUT2D eigenvalue weighted by atomic mass is 10.1. The minimum atomic E-state index is -3.73. The summed E-state index contributed by atoms with van der Waals surface area (Å²) in [5, 5.41) is 3.97. The van der Waals surface area contributed by atoms with Gasteiger partial charge in [-0.05, 0) is 43.4 Å². The van der Waals surface area contributed by atoms with Crippen LogP contribution in [0.3, 0.4) is 0 Å². The van der Waals surface area contributed by atoms with E-state index in [1.165, 1.54) is 35.3 Å². The van der Waals surface area contributed by atoms with Crippen LogP contribution in [-0.2, 0) is 21.2 Å². The standard InChI is InChI=1S/C18H22FN3O4S/c19-15-2-1-3-16(10-15)27(23,24)22-8-6-14(11-22)18-20-17(21-26-18)7-9-25-12-13-4-5-13/h1-3,10,13-14H,4-9,11-12H2. The third-order valence-electron chi connectivity index (χ3n) is 4.94. The van der Waals surface area contributed by atoms with Gasteiger partial charge in [0.15, 0.2) is 5.82 Å². The lowest BCUT2D eigenvalue weighted by Crippen LogP contribution is -2.28. The third kappa shape index (κ3) is 4.36. The number of benzene rings is 1. The maximum atomic E-state index is 13.4. The van der Waals surface area contributed by atoms with Crippen molar-refractivity contribution in [2.24, 2.45) is 5.92 Å². The van der Waals surface area contributed by atoms with E-state index in [4.69, 9.17) is 9.26 Å². The van der Waals surface area contributed by atoms with Gasteiger partial charge in [0.2, 0.25) is 15.9 Å². The number of aromatic nitrogens is 2. The number of hydrogen-bond acceptors (Lipinski definition) is 6. The number of halogens is 1. The molecular formula is C18H22FN3O4S. The summed E-state index contributed by atoms with van der Waals surface area (Å²) in [4.78, 5) is 4.35. The Labute approximate surface area is 157 Å². The molecule has 0 spiro atoms. The lowest BCUT2D eigenvalue weighted by molar-refractivity contribution is 0.125. The van der Waals surface area contributed by atoms with E-state index in [9.17, 15) is 12.8 Å². The highest BCUT2D eigenvalue weighted by atomic mass is 32.2. The fourth-order valence-corrected chi connectivity index (χ4v) is 4.69. The molecule has 2 aromatic rings. The van der Waals surface area contributed by atoms with Crippen molar-refractivity contribution < 1.29 is 22.1 Å². The zero-order valence-corrected chi connectivity index (χ0v) is 15.7. The molecule has 2 fully saturated rings. The molecule has 0 bridgehead atoms. The molecule has 7 nitrogen and oxygen atoms in total. The average molecular weight is 395 g/mol. The van der Waals surface area contributed by atoms with Crippen LogP contribution in [0.1, 0.15) is 36.9 Å². The van der Waals surface area contributed by atoms with E-state index in [0.717, 1.165) is 18.6 Å². The van der Waals surface area contributed by atoms with Crippen molar-refractivity contribution in [1.82, 2.24) is 14.4 Å². The summed E-state index contributed by atoms with van der Waals surface area (Å²) in [5.41, 5.74) is 0. The van der Waals surface area contributed by atoms with E-state index in [1.54, 1.807) is 0 Å². The van der Waals surface area contributed by atoms with E-state index >= 15 is 0 Å². The molecule has 1 aromatic carbocycles. The molecule has 9 heteroatoms. The summed E-state index contributed by atoms with van der Waals surface area (Å²) in [6.45, 7) is 1.94. The maximum absolute atomic E-state index is 13.4. The van der Waals surface area contributed by atoms with E-state index in [-0.39, 0.29) is 17.4 Å². The Morgan fingerprint density at radius 3 is 2.93 bits per heavy atom. The van der Waals surface area contributed by atoms with Crippen molar-refractivity contribution in [1.29, 1.82) is 0 Å². The predicted octanol–water partition coefficient (Wildman–Crippen LogP) is 2.36. The topological polar surface area (TPSA) is 85.5 Å². The molecule has 1 atom stereocenters. The molecule has 1 saturated carbocycles. The normalized spacial score (nSPS) is 21.0. The molecule has 0 radical (unpaired) electrons. The second-order valence-corrected chi connectivity index (χ2v) is 9.06. The van der Waals surface area contributed by atoms with E-state index in [1.807, 2.05) is 0 Å². The van der Waals surface area contributed by atoms with Gasteiger partial charge in [-0.25, -0.2) is 12.8 Å². The van der Waals surface area contributed by atoms with Crippen LogP contribution in [0.2, 0.25) is 0 Å². The quantitative estimate of drug-likeness (QED) is 0.638. The minimum Gasteiger partial charge on any atom is -0.381 e. The molecule has 1 aliphatic carbocycles. The van der Waals surface area contributed by atoms with E-state index < -0.39 is 15.8 Å². The fraction of sp³-hybridized carbons (Fsp3) is 0.556. The van der Waals surface area contributed by atoms with Gasteiger partial charge in [0.1, 0.15) is 5.82 Å². The fourth-order valence-electron chi connectivity index (χ4n) is 3.16. The Bertz CT molecular complexity index is 898. The summed E-state index contributed by atoms with van der Waals surface area (Å²) in [6, 6.07) is 5.05. The smallest absolute Gasteiger partial charge is 0.243 e. The van der Waals surface area contributed by atoms with Gasteiger partial charge < -0.3 is 9.26 Å². The van der Waals surface area contributed by atoms with Crippen molar-refractivity contribution in [2.75, 3.05) is 26.3 Å². The summed E-state index contributed by atoms with van der Waals surface area (Å²) < 4.78 is 51.0. The Morgan fingerprint density at radius 1 is 1.30 bits per heavy atom. The largest absolute Gasteiger partial charge is 0.381 e. The Hall–Kier alpha value is -1.84. The van der Waals surface area contributed by atoms with E-state index in [2.05, 4.69) is 10.1 Å². The van der Waals surface area contributed by atoms with Gasteiger partial charge in [-0.1, -0.05) is 11.2 Å². The lowest BCUT2D eigenvalue weighted by Gasteiger charge is -2.15. The van der Waals surface area contributed by atoms with Crippen LogP contribution >= 0.6 is 0 Å². The molecule has 2 aliphatic rings. The second-order valence-electron chi connectivity index (χ2n) is 7.12. The number of rotatable bonds is 8. The summed E-state index contributed by atoms with van der Waals surface area (Å²) in [5.74, 6) is 1.02. The molecule has 146 valence electrons. The molecule has 1 unspecified atom stereocenters. The first kappa shape index (κ1) is 18.5. The SMILES string of the molecule is O=S(=O)(c1cccc(F)c1)N1CCC(c2nc(CCOCC3CC3)no2)C1. The molecule has 27 heavy (non-hydrogen) atoms. The number of sulfonamides is 1. The molecule has 0 N–H and O–H groups in total. The zero-order valence-electron chi connectivity index (χ0n) is 14.9. The number of hydrogen-bond donors (Lipinski definition) is 0. The van der Waals surface area contributed by atoms with Crippen LogP contribution in [0.4, 0.5) is 4.39 Å². The van der Waals surface area contributed by atoms with Gasteiger partial charge >= 0.3 is 0 Å². The first-order valence-electron chi connectivity index (χ1n) is 9.18. The van der Waals surface area contributed by atoms with Gasteiger partial charge in [0, 0.05) is 26.1 Å². The van der Waals surface area contributed by atoms with Crippen LogP contribution in [0.25, 0.3) is 0 Å². The van der Waals surface area contributed by atoms with Crippen molar-refractivity contribution >= 4 is 10.0 Å². The molecule has 1 saturated heterocycles. The highest BCUT2D eigenvalue weighted by molar-refractivity contribution is 7.89. The molecule has 1 aliphatic heterocycles. The molecule has 2 heterocycles. The van der Waals surface area contributed by atoms with Crippen LogP contribution in [0.15, 0.2) is 33.7 Å². The Morgan fingerprint density at radius 2 is 2.15 bits per heavy atom. The first-order valence-corrected chi connectivity index (χ1v) is 10.6. The van der Waals surface area contributed by atoms with Gasteiger partial charge in [-0.15, -0.1) is 0 Å². The number of nitrogens with zero attached hydrogens (tertiary/aromatic N) is 3. The molecular weight excluding hydrogens is 373 g/mol. The summed E-state index contributed by atoms with van der Waals surface area (Å²) >= 11 is 0. The van der Waals surface area contributed by atoms with Crippen LogP contribution in [-0.4, -0.2) is 49.2 Å². The highest BCUT2D eigenvalue weighted by Crippen LogP contribution is 2.31. The van der Waals surface area contributed by atoms with Gasteiger partial charge in [-0.2, -0.15) is 9.29 Å². The van der Waals surface area contributed by atoms with Crippen molar-refractivity contribution in [3.63, 3.8) is 0 Å². The van der Waals surface area contributed by atoms with Crippen molar-refractivity contribution in [3.8, 4) is 0 Å². The zero-order chi connectivity index (χ0) is 18.9. The third-order valence-corrected chi connectivity index (χ3v) is 6.80. The predicted molar refractivity (Wildman–Crippen MR) is 94.1 cm³/mol. The van der Waals surface area contributed by atoms with Crippen LogP contribution < -0.4 is 0 Å². The first-order chi connectivity index (χ1) is 13.0. The highest BCUT2D eigenvalue weighted by Gasteiger charge is 2.36. The van der Waals surface area contributed by atoms with Gasteiger partial charge in [0.25, 0.3) is 0 Å². The van der Waals surface area contributed by atoms with Crippen LogP contribution in [0, 0.1) is 11.7 Å². The van der Waals surface area contributed by atoms with Crippen molar-refractivity contribution in [2.45, 2.75) is 36.5 Å². The summed E-state index contributed by atoms with van der Waals surface area (Å²) in [6.07, 6.45) is 3.68.